The van der Waals surface area contributed by atoms with Gasteiger partial charge in [0.25, 0.3) is 0 Å². The molecule has 1 aliphatic rings. The number of hydrogen-bond donors (Lipinski definition) is 1. The van der Waals surface area contributed by atoms with Crippen LogP contribution in [0.4, 0.5) is 0 Å². The smallest absolute Gasteiger partial charge is 0.0543 e. The molecular formula is C5H9O. The molecule has 0 bridgehead atoms. The van der Waals surface area contributed by atoms with Gasteiger partial charge in [-0.25, -0.2) is 0 Å². The fourth-order valence-electron chi connectivity index (χ4n) is 0.738. The summed E-state index contributed by atoms with van der Waals surface area (Å²) in [5.41, 5.74) is 0. The first-order chi connectivity index (χ1) is 2.89. The Kier molecular flexibility index (Phi) is 1.10. The van der Waals surface area contributed by atoms with Gasteiger partial charge >= 0.3 is 0 Å². The molecule has 1 heteroatoms. The third kappa shape index (κ3) is 0.716. The van der Waals surface area contributed by atoms with Gasteiger partial charge in [-0.3, -0.25) is 0 Å². The second kappa shape index (κ2) is 1.61. The number of rotatable bonds is 0. The third-order valence-corrected chi connectivity index (χ3v) is 1.14. The number of aliphatic hydroxyl groups excluding tert-OH is 1. The van der Waals surface area contributed by atoms with Crippen molar-refractivity contribution in [2.45, 2.75) is 25.4 Å². The Hall–Kier alpha value is -0.0400. The molecule has 1 atom stereocenters. The van der Waals surface area contributed by atoms with E-state index in [1.54, 1.807) is 0 Å². The summed E-state index contributed by atoms with van der Waals surface area (Å²) in [6, 6.07) is 0. The Labute approximate surface area is 38.0 Å². The molecule has 0 aliphatic heterocycles. The molecule has 0 heterocycles. The normalized spacial score (nSPS) is 25.5. The lowest BCUT2D eigenvalue weighted by Gasteiger charge is -1.91. The molecule has 1 aliphatic carbocycles. The fourth-order valence-corrected chi connectivity index (χ4v) is 0.738. The van der Waals surface area contributed by atoms with Crippen LogP contribution in [0.2, 0.25) is 0 Å². The fraction of sp³-hybridized carbons (Fsp3) is 0.800. The second-order valence-corrected chi connectivity index (χ2v) is 1.76. The van der Waals surface area contributed by atoms with Crippen LogP contribution in [0.15, 0.2) is 0 Å². The molecular weight excluding hydrogens is 76.1 g/mol. The van der Waals surface area contributed by atoms with Crippen molar-refractivity contribution in [3.63, 3.8) is 0 Å². The van der Waals surface area contributed by atoms with Crippen molar-refractivity contribution in [1.29, 1.82) is 0 Å². The molecule has 0 saturated heterocycles. The maximum Gasteiger partial charge on any atom is 0.0543 e. The lowest BCUT2D eigenvalue weighted by molar-refractivity contribution is 0.186. The zero-order valence-corrected chi connectivity index (χ0v) is 3.72. The van der Waals surface area contributed by atoms with Gasteiger partial charge in [0.15, 0.2) is 0 Å². The number of hydrogen-bond acceptors (Lipinski definition) is 1. The summed E-state index contributed by atoms with van der Waals surface area (Å²) in [5, 5.41) is 8.70. The Bertz CT molecular complexity index is 37.2. The highest BCUT2D eigenvalue weighted by Crippen LogP contribution is 2.15. The molecule has 35 valence electrons. The highest BCUT2D eigenvalue weighted by molar-refractivity contribution is 4.79. The summed E-state index contributed by atoms with van der Waals surface area (Å²) in [6.07, 6.45) is 5.14. The summed E-state index contributed by atoms with van der Waals surface area (Å²) < 4.78 is 0. The first-order valence-corrected chi connectivity index (χ1v) is 2.39. The van der Waals surface area contributed by atoms with E-state index in [-0.39, 0.29) is 6.10 Å². The van der Waals surface area contributed by atoms with Gasteiger partial charge in [0.05, 0.1) is 6.10 Å². The lowest BCUT2D eigenvalue weighted by atomic mass is 10.3. The van der Waals surface area contributed by atoms with Crippen molar-refractivity contribution in [1.82, 2.24) is 0 Å². The first-order valence-electron chi connectivity index (χ1n) is 2.39. The maximum atomic E-state index is 8.70. The lowest BCUT2D eigenvalue weighted by Crippen LogP contribution is -1.94. The maximum absolute atomic E-state index is 8.70. The van der Waals surface area contributed by atoms with Crippen molar-refractivity contribution in [2.24, 2.45) is 0 Å². The van der Waals surface area contributed by atoms with Crippen LogP contribution >= 0.6 is 0 Å². The molecule has 0 aromatic rings. The Morgan fingerprint density at radius 3 is 2.67 bits per heavy atom. The molecule has 6 heavy (non-hydrogen) atoms. The van der Waals surface area contributed by atoms with Gasteiger partial charge in [0.1, 0.15) is 0 Å². The van der Waals surface area contributed by atoms with E-state index < -0.39 is 0 Å². The monoisotopic (exact) mass is 85.1 g/mol. The van der Waals surface area contributed by atoms with E-state index in [0.717, 1.165) is 19.3 Å². The van der Waals surface area contributed by atoms with Gasteiger partial charge in [-0.05, 0) is 25.7 Å². The van der Waals surface area contributed by atoms with Gasteiger partial charge in [0.2, 0.25) is 0 Å². The van der Waals surface area contributed by atoms with E-state index in [2.05, 4.69) is 6.42 Å². The molecule has 1 saturated carbocycles. The third-order valence-electron chi connectivity index (χ3n) is 1.14. The molecule has 1 fully saturated rings. The van der Waals surface area contributed by atoms with Gasteiger partial charge in [-0.15, -0.1) is 0 Å². The molecule has 0 aromatic heterocycles. The Balaban J connectivity index is 2.18. The minimum Gasteiger partial charge on any atom is -0.393 e. The molecule has 0 amide bonds. The second-order valence-electron chi connectivity index (χ2n) is 1.76. The van der Waals surface area contributed by atoms with Crippen molar-refractivity contribution in [3.8, 4) is 0 Å². The molecule has 1 radical (unpaired) electrons. The largest absolute Gasteiger partial charge is 0.393 e. The van der Waals surface area contributed by atoms with Gasteiger partial charge in [-0.1, -0.05) is 0 Å². The van der Waals surface area contributed by atoms with Crippen LogP contribution < -0.4 is 0 Å². The summed E-state index contributed by atoms with van der Waals surface area (Å²) in [7, 11) is 0. The van der Waals surface area contributed by atoms with Crippen molar-refractivity contribution in [2.75, 3.05) is 0 Å². The van der Waals surface area contributed by atoms with Gasteiger partial charge in [-0.2, -0.15) is 0 Å². The summed E-state index contributed by atoms with van der Waals surface area (Å²) in [5.74, 6) is 0. The SMILES string of the molecule is O[C@H]1C[CH]CC1. The van der Waals surface area contributed by atoms with Gasteiger partial charge in [0, 0.05) is 0 Å². The van der Waals surface area contributed by atoms with E-state index in [0.29, 0.717) is 0 Å². The van der Waals surface area contributed by atoms with E-state index >= 15 is 0 Å². The summed E-state index contributed by atoms with van der Waals surface area (Å²) in [4.78, 5) is 0. The zero-order chi connectivity index (χ0) is 4.41. The highest BCUT2D eigenvalue weighted by Gasteiger charge is 2.09. The Morgan fingerprint density at radius 2 is 2.50 bits per heavy atom. The Morgan fingerprint density at radius 1 is 1.67 bits per heavy atom. The van der Waals surface area contributed by atoms with Crippen LogP contribution in [0.3, 0.4) is 0 Å². The van der Waals surface area contributed by atoms with Crippen molar-refractivity contribution < 1.29 is 5.11 Å². The molecule has 0 unspecified atom stereocenters. The summed E-state index contributed by atoms with van der Waals surface area (Å²) in [6.45, 7) is 0. The molecule has 0 aromatic carbocycles. The van der Waals surface area contributed by atoms with Gasteiger partial charge < -0.3 is 5.11 Å². The van der Waals surface area contributed by atoms with Crippen LogP contribution in [-0.2, 0) is 0 Å². The molecule has 1 nitrogen and oxygen atoms in total. The quantitative estimate of drug-likeness (QED) is 0.460. The van der Waals surface area contributed by atoms with E-state index in [9.17, 15) is 0 Å². The van der Waals surface area contributed by atoms with E-state index in [1.165, 1.54) is 0 Å². The van der Waals surface area contributed by atoms with Crippen LogP contribution in [-0.4, -0.2) is 11.2 Å². The van der Waals surface area contributed by atoms with Crippen LogP contribution in [0, 0.1) is 6.42 Å². The summed E-state index contributed by atoms with van der Waals surface area (Å²) >= 11 is 0. The topological polar surface area (TPSA) is 20.2 Å². The number of aliphatic hydroxyl groups is 1. The average molecular weight is 85.1 g/mol. The molecule has 1 N–H and O–H groups in total. The van der Waals surface area contributed by atoms with E-state index in [4.69, 9.17) is 5.11 Å². The minimum absolute atomic E-state index is 0.00926. The molecule has 1 rings (SSSR count). The van der Waals surface area contributed by atoms with Crippen LogP contribution in [0.1, 0.15) is 19.3 Å². The molecule has 0 spiro atoms. The minimum atomic E-state index is -0.00926. The van der Waals surface area contributed by atoms with Crippen LogP contribution in [0.5, 0.6) is 0 Å². The van der Waals surface area contributed by atoms with Crippen LogP contribution in [0.25, 0.3) is 0 Å². The standard InChI is InChI=1S/C5H9O/c6-5-3-1-2-4-5/h1,5-6H,2-4H2/t5-/m0/s1. The first kappa shape index (κ1) is 4.13. The predicted octanol–water partition coefficient (Wildman–Crippen LogP) is 0.735. The average Bonchev–Trinajstić information content (AvgIpc) is 1.86. The zero-order valence-electron chi connectivity index (χ0n) is 3.72. The predicted molar refractivity (Wildman–Crippen MR) is 24.2 cm³/mol. The highest BCUT2D eigenvalue weighted by atomic mass is 16.3. The van der Waals surface area contributed by atoms with Crippen molar-refractivity contribution in [3.05, 3.63) is 6.42 Å². The van der Waals surface area contributed by atoms with E-state index in [1.807, 2.05) is 0 Å². The van der Waals surface area contributed by atoms with Crippen molar-refractivity contribution >= 4 is 0 Å².